The number of piperidine rings is 1. The third-order valence-electron chi connectivity index (χ3n) is 4.78. The first kappa shape index (κ1) is 20.7. The number of carbonyl (C=O) groups excluding carboxylic acids is 1. The predicted molar refractivity (Wildman–Crippen MR) is 91.0 cm³/mol. The van der Waals surface area contributed by atoms with E-state index in [0.29, 0.717) is 18.9 Å². The van der Waals surface area contributed by atoms with Gasteiger partial charge in [0.1, 0.15) is 0 Å². The highest BCUT2D eigenvalue weighted by Crippen LogP contribution is 2.35. The Hall–Kier alpha value is -1.61. The van der Waals surface area contributed by atoms with Crippen LogP contribution in [0.2, 0.25) is 0 Å². The van der Waals surface area contributed by atoms with Gasteiger partial charge in [-0.3, -0.25) is 9.48 Å². The first-order valence-electron chi connectivity index (χ1n) is 8.89. The van der Waals surface area contributed by atoms with E-state index in [9.17, 15) is 23.1 Å². The number of hydrogen-bond donors (Lipinski definition) is 2. The van der Waals surface area contributed by atoms with Crippen LogP contribution in [0.4, 0.5) is 13.2 Å². The van der Waals surface area contributed by atoms with Crippen LogP contribution in [0.1, 0.15) is 61.4 Å². The molecular formula is C17H27F3N4O2. The molecule has 1 aliphatic heterocycles. The molecule has 9 heteroatoms. The molecule has 1 amide bonds. The standard InChI is InChI=1S/C17H27F3N4O2/c1-10(2)23-7-5-13(6-8-23)24-12(4)14(15(22-24)17(18,19)20)16(26)21-9-11(3)25/h10-11,13,25H,5-9H2,1-4H3,(H,21,26). The highest BCUT2D eigenvalue weighted by Gasteiger charge is 2.41. The second kappa shape index (κ2) is 7.96. The number of alkyl halides is 3. The monoisotopic (exact) mass is 376 g/mol. The molecule has 6 nitrogen and oxygen atoms in total. The van der Waals surface area contributed by atoms with Gasteiger partial charge in [-0.05, 0) is 40.5 Å². The molecule has 0 saturated carbocycles. The summed E-state index contributed by atoms with van der Waals surface area (Å²) in [5.41, 5.74) is -1.41. The van der Waals surface area contributed by atoms with Gasteiger partial charge < -0.3 is 15.3 Å². The molecule has 1 fully saturated rings. The minimum atomic E-state index is -4.72. The maximum atomic E-state index is 13.4. The van der Waals surface area contributed by atoms with Gasteiger partial charge in [0.15, 0.2) is 5.69 Å². The minimum Gasteiger partial charge on any atom is -0.392 e. The van der Waals surface area contributed by atoms with Crippen LogP contribution in [0.25, 0.3) is 0 Å². The van der Waals surface area contributed by atoms with Crippen LogP contribution in [0.5, 0.6) is 0 Å². The lowest BCUT2D eigenvalue weighted by Gasteiger charge is -2.35. The molecule has 2 heterocycles. The van der Waals surface area contributed by atoms with Crippen molar-refractivity contribution in [2.75, 3.05) is 19.6 Å². The zero-order chi connectivity index (χ0) is 19.6. The number of nitrogens with one attached hydrogen (secondary N) is 1. The van der Waals surface area contributed by atoms with Crippen molar-refractivity contribution < 1.29 is 23.1 Å². The van der Waals surface area contributed by atoms with Crippen molar-refractivity contribution in [2.24, 2.45) is 0 Å². The van der Waals surface area contributed by atoms with Crippen molar-refractivity contribution in [3.05, 3.63) is 17.0 Å². The van der Waals surface area contributed by atoms with E-state index in [2.05, 4.69) is 29.2 Å². The summed E-state index contributed by atoms with van der Waals surface area (Å²) in [5, 5.41) is 15.4. The molecular weight excluding hydrogens is 349 g/mol. The van der Waals surface area contributed by atoms with Crippen molar-refractivity contribution >= 4 is 5.91 Å². The maximum Gasteiger partial charge on any atom is 0.435 e. The minimum absolute atomic E-state index is 0.118. The van der Waals surface area contributed by atoms with E-state index in [-0.39, 0.29) is 18.3 Å². The molecule has 1 aliphatic rings. The molecule has 0 spiro atoms. The Morgan fingerprint density at radius 2 is 1.88 bits per heavy atom. The van der Waals surface area contributed by atoms with Gasteiger partial charge in [0.2, 0.25) is 0 Å². The Morgan fingerprint density at radius 1 is 1.31 bits per heavy atom. The van der Waals surface area contributed by atoms with Crippen molar-refractivity contribution in [3.63, 3.8) is 0 Å². The fraction of sp³-hybridized carbons (Fsp3) is 0.765. The van der Waals surface area contributed by atoms with Crippen LogP contribution < -0.4 is 5.32 Å². The number of nitrogens with zero attached hydrogens (tertiary/aromatic N) is 3. The highest BCUT2D eigenvalue weighted by atomic mass is 19.4. The average Bonchev–Trinajstić information content (AvgIpc) is 2.90. The Bertz CT molecular complexity index is 633. The van der Waals surface area contributed by atoms with Gasteiger partial charge in [0, 0.05) is 31.4 Å². The van der Waals surface area contributed by atoms with E-state index in [4.69, 9.17) is 0 Å². The molecule has 0 radical (unpaired) electrons. The van der Waals surface area contributed by atoms with Crippen molar-refractivity contribution in [3.8, 4) is 0 Å². The van der Waals surface area contributed by atoms with E-state index in [1.54, 1.807) is 0 Å². The first-order chi connectivity index (χ1) is 12.0. The number of halogens is 3. The molecule has 0 aliphatic carbocycles. The Balaban J connectivity index is 2.30. The summed E-state index contributed by atoms with van der Waals surface area (Å²) in [6.45, 7) is 8.57. The number of aliphatic hydroxyl groups excluding tert-OH is 1. The SMILES string of the molecule is Cc1c(C(=O)NCC(C)O)c(C(F)(F)F)nn1C1CCN(C(C)C)CC1. The number of aromatic nitrogens is 2. The molecule has 1 saturated heterocycles. The van der Waals surface area contributed by atoms with Gasteiger partial charge in [0.05, 0.1) is 17.7 Å². The van der Waals surface area contributed by atoms with Crippen LogP contribution in [0, 0.1) is 6.92 Å². The molecule has 148 valence electrons. The van der Waals surface area contributed by atoms with Crippen molar-refractivity contribution in [1.29, 1.82) is 0 Å². The van der Waals surface area contributed by atoms with E-state index in [0.717, 1.165) is 13.1 Å². The molecule has 1 aromatic rings. The van der Waals surface area contributed by atoms with Crippen LogP contribution in [0.3, 0.4) is 0 Å². The number of rotatable bonds is 5. The zero-order valence-corrected chi connectivity index (χ0v) is 15.6. The molecule has 2 N–H and O–H groups in total. The highest BCUT2D eigenvalue weighted by molar-refractivity contribution is 5.96. The summed E-state index contributed by atoms with van der Waals surface area (Å²) in [6, 6.07) is 0.228. The number of likely N-dealkylation sites (tertiary alicyclic amines) is 1. The van der Waals surface area contributed by atoms with Gasteiger partial charge in [-0.2, -0.15) is 18.3 Å². The molecule has 26 heavy (non-hydrogen) atoms. The van der Waals surface area contributed by atoms with Gasteiger partial charge in [-0.25, -0.2) is 0 Å². The van der Waals surface area contributed by atoms with Gasteiger partial charge in [0.25, 0.3) is 5.91 Å². The van der Waals surface area contributed by atoms with Crippen LogP contribution in [-0.2, 0) is 6.18 Å². The third kappa shape index (κ3) is 4.56. The summed E-state index contributed by atoms with van der Waals surface area (Å²) in [7, 11) is 0. The van der Waals surface area contributed by atoms with Gasteiger partial charge in [-0.1, -0.05) is 0 Å². The van der Waals surface area contributed by atoms with Crippen molar-refractivity contribution in [1.82, 2.24) is 20.0 Å². The largest absolute Gasteiger partial charge is 0.435 e. The third-order valence-corrected chi connectivity index (χ3v) is 4.78. The summed E-state index contributed by atoms with van der Waals surface area (Å²) < 4.78 is 41.6. The quantitative estimate of drug-likeness (QED) is 0.828. The lowest BCUT2D eigenvalue weighted by Crippen LogP contribution is -2.39. The lowest BCUT2D eigenvalue weighted by atomic mass is 10.0. The summed E-state index contributed by atoms with van der Waals surface area (Å²) >= 11 is 0. The van der Waals surface area contributed by atoms with E-state index < -0.39 is 29.4 Å². The number of hydrogen-bond acceptors (Lipinski definition) is 4. The fourth-order valence-electron chi connectivity index (χ4n) is 3.32. The molecule has 1 atom stereocenters. The maximum absolute atomic E-state index is 13.4. The summed E-state index contributed by atoms with van der Waals surface area (Å²) in [5.74, 6) is -0.860. The van der Waals surface area contributed by atoms with Crippen LogP contribution in [0.15, 0.2) is 0 Å². The zero-order valence-electron chi connectivity index (χ0n) is 15.6. The normalized spacial score (nSPS) is 18.3. The molecule has 1 unspecified atom stereocenters. The molecule has 0 bridgehead atoms. The Morgan fingerprint density at radius 3 is 2.35 bits per heavy atom. The summed E-state index contributed by atoms with van der Waals surface area (Å²) in [6.07, 6.45) is -4.19. The fourth-order valence-corrected chi connectivity index (χ4v) is 3.32. The van der Waals surface area contributed by atoms with E-state index in [1.807, 2.05) is 0 Å². The van der Waals surface area contributed by atoms with Crippen LogP contribution in [-0.4, -0.2) is 57.5 Å². The molecule has 2 rings (SSSR count). The summed E-state index contributed by atoms with van der Waals surface area (Å²) in [4.78, 5) is 14.6. The molecule has 1 aromatic heterocycles. The second-order valence-electron chi connectivity index (χ2n) is 7.17. The van der Waals surface area contributed by atoms with Crippen molar-refractivity contribution in [2.45, 2.75) is 64.9 Å². The lowest BCUT2D eigenvalue weighted by molar-refractivity contribution is -0.142. The predicted octanol–water partition coefficient (Wildman–Crippen LogP) is 2.37. The van der Waals surface area contributed by atoms with Crippen LogP contribution >= 0.6 is 0 Å². The Labute approximate surface area is 151 Å². The number of carbonyl (C=O) groups is 1. The molecule has 0 aromatic carbocycles. The average molecular weight is 376 g/mol. The number of amides is 1. The smallest absolute Gasteiger partial charge is 0.392 e. The van der Waals surface area contributed by atoms with Gasteiger partial charge in [-0.15, -0.1) is 0 Å². The Kier molecular flexibility index (Phi) is 6.33. The first-order valence-corrected chi connectivity index (χ1v) is 8.89. The topological polar surface area (TPSA) is 70.4 Å². The van der Waals surface area contributed by atoms with Gasteiger partial charge >= 0.3 is 6.18 Å². The van der Waals surface area contributed by atoms with E-state index in [1.165, 1.54) is 18.5 Å². The second-order valence-corrected chi connectivity index (χ2v) is 7.17. The number of aliphatic hydroxyl groups is 1. The van der Waals surface area contributed by atoms with E-state index >= 15 is 0 Å².